The van der Waals surface area contributed by atoms with Crippen molar-refractivity contribution in [1.29, 1.82) is 0 Å². The number of hydrogen-bond acceptors (Lipinski definition) is 3. The van der Waals surface area contributed by atoms with Crippen LogP contribution in [-0.2, 0) is 4.74 Å². The molecule has 0 spiro atoms. The molecule has 0 amide bonds. The highest BCUT2D eigenvalue weighted by atomic mass is 16.5. The topological polar surface area (TPSA) is 33.3 Å². The summed E-state index contributed by atoms with van der Waals surface area (Å²) in [5.41, 5.74) is 0. The Morgan fingerprint density at radius 3 is 1.44 bits per heavy atom. The molecule has 2 N–H and O–H groups in total. The lowest BCUT2D eigenvalue weighted by Crippen LogP contribution is -2.25. The SMILES string of the molecule is CCCCC(CC)CNCCCOCCCNCC(CC)CCCC. The normalized spacial score (nSPS) is 13.9. The van der Waals surface area contributed by atoms with Crippen LogP contribution in [0.3, 0.4) is 0 Å². The van der Waals surface area contributed by atoms with Gasteiger partial charge in [-0.05, 0) is 63.7 Å². The minimum absolute atomic E-state index is 0.858. The van der Waals surface area contributed by atoms with Crippen molar-refractivity contribution >= 4 is 0 Å². The second-order valence-electron chi connectivity index (χ2n) is 7.56. The van der Waals surface area contributed by atoms with Crippen LogP contribution >= 0.6 is 0 Å². The molecule has 0 bridgehead atoms. The fourth-order valence-corrected chi connectivity index (χ4v) is 3.20. The Hall–Kier alpha value is -0.120. The Labute approximate surface area is 159 Å². The first-order valence-corrected chi connectivity index (χ1v) is 11.3. The highest BCUT2D eigenvalue weighted by Crippen LogP contribution is 2.11. The van der Waals surface area contributed by atoms with Crippen molar-refractivity contribution in [3.8, 4) is 0 Å². The van der Waals surface area contributed by atoms with E-state index in [1.54, 1.807) is 0 Å². The van der Waals surface area contributed by atoms with Gasteiger partial charge < -0.3 is 15.4 Å². The molecule has 2 unspecified atom stereocenters. The van der Waals surface area contributed by atoms with Crippen molar-refractivity contribution in [1.82, 2.24) is 10.6 Å². The van der Waals surface area contributed by atoms with Crippen LogP contribution in [0.5, 0.6) is 0 Å². The third kappa shape index (κ3) is 17.1. The van der Waals surface area contributed by atoms with Crippen LogP contribution in [0.25, 0.3) is 0 Å². The Kier molecular flexibility index (Phi) is 20.1. The molecule has 3 heteroatoms. The van der Waals surface area contributed by atoms with Crippen molar-refractivity contribution < 1.29 is 4.74 Å². The molecule has 0 aromatic carbocycles. The minimum atomic E-state index is 0.858. The van der Waals surface area contributed by atoms with Crippen molar-refractivity contribution in [2.24, 2.45) is 11.8 Å². The molecule has 0 heterocycles. The average Bonchev–Trinajstić information content (AvgIpc) is 2.64. The van der Waals surface area contributed by atoms with E-state index in [2.05, 4.69) is 38.3 Å². The van der Waals surface area contributed by atoms with Crippen LogP contribution in [0.15, 0.2) is 0 Å². The fraction of sp³-hybridized carbons (Fsp3) is 1.00. The molecule has 152 valence electrons. The lowest BCUT2D eigenvalue weighted by atomic mass is 9.99. The van der Waals surface area contributed by atoms with Crippen LogP contribution in [0.1, 0.15) is 91.9 Å². The molecule has 25 heavy (non-hydrogen) atoms. The van der Waals surface area contributed by atoms with Gasteiger partial charge in [0.15, 0.2) is 0 Å². The minimum Gasteiger partial charge on any atom is -0.381 e. The summed E-state index contributed by atoms with van der Waals surface area (Å²) in [7, 11) is 0. The van der Waals surface area contributed by atoms with E-state index >= 15 is 0 Å². The predicted molar refractivity (Wildman–Crippen MR) is 112 cm³/mol. The zero-order valence-corrected chi connectivity index (χ0v) is 17.9. The van der Waals surface area contributed by atoms with Gasteiger partial charge in [-0.2, -0.15) is 0 Å². The zero-order valence-electron chi connectivity index (χ0n) is 17.9. The highest BCUT2D eigenvalue weighted by molar-refractivity contribution is 4.62. The summed E-state index contributed by atoms with van der Waals surface area (Å²) in [6.07, 6.45) is 13.0. The maximum absolute atomic E-state index is 5.75. The van der Waals surface area contributed by atoms with E-state index in [1.165, 1.54) is 64.5 Å². The first kappa shape index (κ1) is 24.9. The quantitative estimate of drug-likeness (QED) is 0.287. The van der Waals surface area contributed by atoms with Crippen molar-refractivity contribution in [2.45, 2.75) is 91.9 Å². The fourth-order valence-electron chi connectivity index (χ4n) is 3.20. The Balaban J connectivity index is 3.30. The Bertz CT molecular complexity index is 224. The Morgan fingerprint density at radius 2 is 1.08 bits per heavy atom. The average molecular weight is 357 g/mol. The molecule has 0 saturated carbocycles. The van der Waals surface area contributed by atoms with Crippen LogP contribution in [0, 0.1) is 11.8 Å². The molecule has 0 aliphatic rings. The molecular formula is C22H48N2O. The molecule has 0 fully saturated rings. The number of nitrogens with one attached hydrogen (secondary N) is 2. The molecular weight excluding hydrogens is 308 g/mol. The molecule has 0 saturated heterocycles. The first-order chi connectivity index (χ1) is 12.3. The molecule has 2 atom stereocenters. The van der Waals surface area contributed by atoms with E-state index in [0.717, 1.165) is 51.0 Å². The summed E-state index contributed by atoms with van der Waals surface area (Å²) >= 11 is 0. The van der Waals surface area contributed by atoms with Crippen LogP contribution < -0.4 is 10.6 Å². The summed E-state index contributed by atoms with van der Waals surface area (Å²) in [6, 6.07) is 0. The van der Waals surface area contributed by atoms with E-state index in [1.807, 2.05) is 0 Å². The first-order valence-electron chi connectivity index (χ1n) is 11.3. The van der Waals surface area contributed by atoms with Gasteiger partial charge in [0.05, 0.1) is 0 Å². The van der Waals surface area contributed by atoms with Crippen LogP contribution in [0.4, 0.5) is 0 Å². The van der Waals surface area contributed by atoms with Gasteiger partial charge in [0.2, 0.25) is 0 Å². The van der Waals surface area contributed by atoms with Gasteiger partial charge in [-0.15, -0.1) is 0 Å². The van der Waals surface area contributed by atoms with Gasteiger partial charge >= 0.3 is 0 Å². The largest absolute Gasteiger partial charge is 0.381 e. The van der Waals surface area contributed by atoms with Gasteiger partial charge in [0.25, 0.3) is 0 Å². The third-order valence-corrected chi connectivity index (χ3v) is 5.24. The monoisotopic (exact) mass is 356 g/mol. The third-order valence-electron chi connectivity index (χ3n) is 5.24. The molecule has 0 aliphatic carbocycles. The molecule has 0 rings (SSSR count). The molecule has 3 nitrogen and oxygen atoms in total. The van der Waals surface area contributed by atoms with Gasteiger partial charge in [0, 0.05) is 13.2 Å². The van der Waals surface area contributed by atoms with E-state index < -0.39 is 0 Å². The second-order valence-corrected chi connectivity index (χ2v) is 7.56. The van der Waals surface area contributed by atoms with Gasteiger partial charge in [-0.1, -0.05) is 66.2 Å². The zero-order chi connectivity index (χ0) is 18.6. The number of ether oxygens (including phenoxy) is 1. The maximum Gasteiger partial charge on any atom is 0.0478 e. The smallest absolute Gasteiger partial charge is 0.0478 e. The lowest BCUT2D eigenvalue weighted by Gasteiger charge is -2.15. The molecule has 0 aromatic rings. The summed E-state index contributed by atoms with van der Waals surface area (Å²) < 4.78 is 5.75. The summed E-state index contributed by atoms with van der Waals surface area (Å²) in [5, 5.41) is 7.20. The van der Waals surface area contributed by atoms with E-state index in [9.17, 15) is 0 Å². The van der Waals surface area contributed by atoms with E-state index in [0.29, 0.717) is 0 Å². The predicted octanol–water partition coefficient (Wildman–Crippen LogP) is 5.40. The number of rotatable bonds is 20. The number of hydrogen-bond donors (Lipinski definition) is 2. The Morgan fingerprint density at radius 1 is 0.640 bits per heavy atom. The van der Waals surface area contributed by atoms with Gasteiger partial charge in [-0.25, -0.2) is 0 Å². The van der Waals surface area contributed by atoms with Crippen molar-refractivity contribution in [3.63, 3.8) is 0 Å². The van der Waals surface area contributed by atoms with Gasteiger partial charge in [-0.3, -0.25) is 0 Å². The second kappa shape index (κ2) is 20.2. The summed E-state index contributed by atoms with van der Waals surface area (Å²) in [5.74, 6) is 1.72. The van der Waals surface area contributed by atoms with Crippen molar-refractivity contribution in [2.75, 3.05) is 39.4 Å². The van der Waals surface area contributed by atoms with E-state index in [4.69, 9.17) is 4.74 Å². The highest BCUT2D eigenvalue weighted by Gasteiger charge is 2.05. The molecule has 0 aliphatic heterocycles. The molecule has 0 radical (unpaired) electrons. The standard InChI is InChI=1S/C22H48N2O/c1-5-9-13-21(7-3)19-23-15-11-17-25-18-12-16-24-20-22(8-4)14-10-6-2/h21-24H,5-20H2,1-4H3. The van der Waals surface area contributed by atoms with Crippen LogP contribution in [0.2, 0.25) is 0 Å². The van der Waals surface area contributed by atoms with Crippen LogP contribution in [-0.4, -0.2) is 39.4 Å². The van der Waals surface area contributed by atoms with Gasteiger partial charge in [0.1, 0.15) is 0 Å². The number of unbranched alkanes of at least 4 members (excludes halogenated alkanes) is 2. The van der Waals surface area contributed by atoms with Crippen molar-refractivity contribution in [3.05, 3.63) is 0 Å². The maximum atomic E-state index is 5.75. The summed E-state index contributed by atoms with van der Waals surface area (Å²) in [6.45, 7) is 15.5. The molecule has 0 aromatic heterocycles. The lowest BCUT2D eigenvalue weighted by molar-refractivity contribution is 0.128. The van der Waals surface area contributed by atoms with E-state index in [-0.39, 0.29) is 0 Å². The summed E-state index contributed by atoms with van der Waals surface area (Å²) in [4.78, 5) is 0.